The van der Waals surface area contributed by atoms with Gasteiger partial charge in [0.25, 0.3) is 11.5 Å². The zero-order valence-electron chi connectivity index (χ0n) is 8.64. The first-order chi connectivity index (χ1) is 7.66. The van der Waals surface area contributed by atoms with Gasteiger partial charge in [-0.1, -0.05) is 0 Å². The predicted molar refractivity (Wildman–Crippen MR) is 64.0 cm³/mol. The van der Waals surface area contributed by atoms with E-state index >= 15 is 0 Å². The van der Waals surface area contributed by atoms with Gasteiger partial charge in [0.1, 0.15) is 0 Å². The topological polar surface area (TPSA) is 51.1 Å². The highest BCUT2D eigenvalue weighted by Gasteiger charge is 2.06. The van der Waals surface area contributed by atoms with Crippen molar-refractivity contribution in [1.29, 1.82) is 0 Å². The van der Waals surface area contributed by atoms with E-state index < -0.39 is 0 Å². The molecule has 0 saturated carbocycles. The standard InChI is InChI=1S/C11H10N2O2S/c1-13-4-2-8(6-10(13)14)11(15)12-9-3-5-16-7-9/h2-7H,1H3,(H,12,15). The van der Waals surface area contributed by atoms with Gasteiger partial charge in [-0.15, -0.1) is 0 Å². The van der Waals surface area contributed by atoms with Crippen molar-refractivity contribution in [2.75, 3.05) is 5.32 Å². The third-order valence-electron chi connectivity index (χ3n) is 2.15. The molecule has 1 amide bonds. The zero-order valence-corrected chi connectivity index (χ0v) is 9.45. The minimum Gasteiger partial charge on any atom is -0.321 e. The largest absolute Gasteiger partial charge is 0.321 e. The third kappa shape index (κ3) is 2.20. The lowest BCUT2D eigenvalue weighted by molar-refractivity contribution is 0.102. The van der Waals surface area contributed by atoms with Gasteiger partial charge < -0.3 is 9.88 Å². The van der Waals surface area contributed by atoms with Gasteiger partial charge in [0, 0.05) is 30.3 Å². The molecule has 4 nitrogen and oxygen atoms in total. The Morgan fingerprint density at radius 2 is 2.25 bits per heavy atom. The fourth-order valence-electron chi connectivity index (χ4n) is 1.23. The van der Waals surface area contributed by atoms with Crippen molar-refractivity contribution in [3.63, 3.8) is 0 Å². The van der Waals surface area contributed by atoms with E-state index in [1.54, 1.807) is 19.3 Å². The summed E-state index contributed by atoms with van der Waals surface area (Å²) in [6.07, 6.45) is 1.57. The molecule has 16 heavy (non-hydrogen) atoms. The Morgan fingerprint density at radius 1 is 1.44 bits per heavy atom. The number of carbonyl (C=O) groups excluding carboxylic acids is 1. The van der Waals surface area contributed by atoms with Gasteiger partial charge in [-0.25, -0.2) is 0 Å². The van der Waals surface area contributed by atoms with Crippen LogP contribution in [0.5, 0.6) is 0 Å². The number of nitrogens with zero attached hydrogens (tertiary/aromatic N) is 1. The molecule has 0 unspecified atom stereocenters. The van der Waals surface area contributed by atoms with E-state index in [-0.39, 0.29) is 11.5 Å². The van der Waals surface area contributed by atoms with Crippen LogP contribution in [0.4, 0.5) is 5.69 Å². The second-order valence-corrected chi connectivity index (χ2v) is 4.11. The third-order valence-corrected chi connectivity index (χ3v) is 2.83. The smallest absolute Gasteiger partial charge is 0.255 e. The van der Waals surface area contributed by atoms with Crippen molar-refractivity contribution in [2.45, 2.75) is 0 Å². The summed E-state index contributed by atoms with van der Waals surface area (Å²) < 4.78 is 1.42. The van der Waals surface area contributed by atoms with Crippen molar-refractivity contribution in [3.8, 4) is 0 Å². The molecule has 2 rings (SSSR count). The molecule has 0 atom stereocenters. The Balaban J connectivity index is 2.21. The summed E-state index contributed by atoms with van der Waals surface area (Å²) in [6.45, 7) is 0. The van der Waals surface area contributed by atoms with Crippen molar-refractivity contribution < 1.29 is 4.79 Å². The Bertz CT molecular complexity index is 558. The molecule has 0 fully saturated rings. The fourth-order valence-corrected chi connectivity index (χ4v) is 1.82. The second kappa shape index (κ2) is 4.32. The van der Waals surface area contributed by atoms with Gasteiger partial charge in [-0.3, -0.25) is 9.59 Å². The van der Waals surface area contributed by atoms with E-state index in [2.05, 4.69) is 5.32 Å². The summed E-state index contributed by atoms with van der Waals surface area (Å²) in [6, 6.07) is 4.74. The Hall–Kier alpha value is -1.88. The van der Waals surface area contributed by atoms with Gasteiger partial charge in [0.05, 0.1) is 5.69 Å². The number of aromatic nitrogens is 1. The summed E-state index contributed by atoms with van der Waals surface area (Å²) in [5, 5.41) is 6.42. The maximum atomic E-state index is 11.7. The van der Waals surface area contributed by atoms with Crippen LogP contribution in [-0.4, -0.2) is 10.5 Å². The quantitative estimate of drug-likeness (QED) is 0.859. The van der Waals surface area contributed by atoms with Gasteiger partial charge >= 0.3 is 0 Å². The molecule has 0 aliphatic heterocycles. The van der Waals surface area contributed by atoms with E-state index in [0.717, 1.165) is 5.69 Å². The van der Waals surface area contributed by atoms with Crippen molar-refractivity contribution in [1.82, 2.24) is 4.57 Å². The molecule has 1 N–H and O–H groups in total. The number of anilines is 1. The van der Waals surface area contributed by atoms with Gasteiger partial charge in [-0.2, -0.15) is 11.3 Å². The van der Waals surface area contributed by atoms with Crippen LogP contribution in [0, 0.1) is 0 Å². The molecule has 82 valence electrons. The lowest BCUT2D eigenvalue weighted by Crippen LogP contribution is -2.19. The van der Waals surface area contributed by atoms with E-state index in [1.807, 2.05) is 16.8 Å². The number of pyridine rings is 1. The summed E-state index contributed by atoms with van der Waals surface area (Å²) >= 11 is 1.50. The summed E-state index contributed by atoms with van der Waals surface area (Å²) in [5.41, 5.74) is 0.919. The highest BCUT2D eigenvalue weighted by atomic mass is 32.1. The van der Waals surface area contributed by atoms with Crippen LogP contribution in [-0.2, 0) is 7.05 Å². The van der Waals surface area contributed by atoms with E-state index in [9.17, 15) is 9.59 Å². The minimum atomic E-state index is -0.267. The van der Waals surface area contributed by atoms with Crippen LogP contribution in [0.15, 0.2) is 40.0 Å². The fraction of sp³-hybridized carbons (Fsp3) is 0.0909. The molecule has 0 aromatic carbocycles. The molecule has 0 spiro atoms. The summed E-state index contributed by atoms with van der Waals surface area (Å²) in [7, 11) is 1.64. The van der Waals surface area contributed by atoms with Crippen LogP contribution in [0.1, 0.15) is 10.4 Å². The van der Waals surface area contributed by atoms with Crippen molar-refractivity contribution >= 4 is 22.9 Å². The molecule has 2 aromatic heterocycles. The number of thiophene rings is 1. The zero-order chi connectivity index (χ0) is 11.5. The van der Waals surface area contributed by atoms with Crippen LogP contribution in [0.2, 0.25) is 0 Å². The van der Waals surface area contributed by atoms with Gasteiger partial charge in [0.2, 0.25) is 0 Å². The second-order valence-electron chi connectivity index (χ2n) is 3.33. The van der Waals surface area contributed by atoms with Crippen LogP contribution in [0.3, 0.4) is 0 Å². The van der Waals surface area contributed by atoms with Crippen molar-refractivity contribution in [2.24, 2.45) is 7.05 Å². The number of aryl methyl sites for hydroxylation is 1. The molecule has 0 saturated heterocycles. The number of nitrogens with one attached hydrogen (secondary N) is 1. The monoisotopic (exact) mass is 234 g/mol. The summed E-state index contributed by atoms with van der Waals surface area (Å²) in [5.74, 6) is -0.267. The molecule has 2 aromatic rings. The minimum absolute atomic E-state index is 0.196. The SMILES string of the molecule is Cn1ccc(C(=O)Nc2ccsc2)cc1=O. The lowest BCUT2D eigenvalue weighted by Gasteiger charge is -2.03. The molecule has 2 heterocycles. The Labute approximate surface area is 96.2 Å². The molecule has 0 bridgehead atoms. The predicted octanol–water partition coefficient (Wildman–Crippen LogP) is 1.70. The molecule has 0 radical (unpaired) electrons. The molecule has 0 aliphatic carbocycles. The Morgan fingerprint density at radius 3 is 2.88 bits per heavy atom. The van der Waals surface area contributed by atoms with E-state index in [0.29, 0.717) is 5.56 Å². The first-order valence-corrected chi connectivity index (χ1v) is 5.61. The number of carbonyl (C=O) groups is 1. The maximum absolute atomic E-state index is 11.7. The van der Waals surface area contributed by atoms with Crippen LogP contribution in [0.25, 0.3) is 0 Å². The highest BCUT2D eigenvalue weighted by molar-refractivity contribution is 7.08. The number of rotatable bonds is 2. The summed E-state index contributed by atoms with van der Waals surface area (Å²) in [4.78, 5) is 23.1. The molecular formula is C11H10N2O2S. The lowest BCUT2D eigenvalue weighted by atomic mass is 10.2. The molecule has 5 heteroatoms. The average Bonchev–Trinajstić information content (AvgIpc) is 2.74. The first kappa shape index (κ1) is 10.6. The number of hydrogen-bond acceptors (Lipinski definition) is 3. The number of amides is 1. The van der Waals surface area contributed by atoms with Gasteiger partial charge in [0.15, 0.2) is 0 Å². The van der Waals surface area contributed by atoms with E-state index in [4.69, 9.17) is 0 Å². The van der Waals surface area contributed by atoms with Crippen molar-refractivity contribution in [3.05, 3.63) is 51.1 Å². The van der Waals surface area contributed by atoms with Crippen LogP contribution >= 0.6 is 11.3 Å². The molecule has 0 aliphatic rings. The Kier molecular flexibility index (Phi) is 2.87. The van der Waals surface area contributed by atoms with E-state index in [1.165, 1.54) is 22.0 Å². The molecular weight excluding hydrogens is 224 g/mol. The normalized spacial score (nSPS) is 10.1. The first-order valence-electron chi connectivity index (χ1n) is 4.67. The number of hydrogen-bond donors (Lipinski definition) is 1. The van der Waals surface area contributed by atoms with Gasteiger partial charge in [-0.05, 0) is 17.5 Å². The average molecular weight is 234 g/mol. The maximum Gasteiger partial charge on any atom is 0.255 e. The highest BCUT2D eigenvalue weighted by Crippen LogP contribution is 2.12. The van der Waals surface area contributed by atoms with Crippen LogP contribution < -0.4 is 10.9 Å².